The molecule has 0 bridgehead atoms. The van der Waals surface area contributed by atoms with Gasteiger partial charge in [-0.1, -0.05) is 12.1 Å². The molecule has 0 aliphatic carbocycles. The number of halogens is 1. The van der Waals surface area contributed by atoms with Gasteiger partial charge in [0, 0.05) is 5.56 Å². The Kier molecular flexibility index (Phi) is 4.48. The second-order valence-corrected chi connectivity index (χ2v) is 6.80. The zero-order chi connectivity index (χ0) is 15.8. The van der Waals surface area contributed by atoms with E-state index in [1.165, 1.54) is 6.07 Å². The van der Waals surface area contributed by atoms with Gasteiger partial charge in [-0.2, -0.15) is 0 Å². The molecule has 1 aromatic rings. The van der Waals surface area contributed by atoms with Crippen molar-refractivity contribution in [3.05, 3.63) is 29.6 Å². The normalized spacial score (nSPS) is 20.3. The number of hydrogen-bond donors (Lipinski definition) is 0. The van der Waals surface area contributed by atoms with Gasteiger partial charge in [-0.15, -0.1) is 0 Å². The summed E-state index contributed by atoms with van der Waals surface area (Å²) in [5.41, 5.74) is 0.393. The van der Waals surface area contributed by atoms with Crippen LogP contribution in [0.1, 0.15) is 47.1 Å². The summed E-state index contributed by atoms with van der Waals surface area (Å²) in [4.78, 5) is 0. The van der Waals surface area contributed by atoms with E-state index in [0.29, 0.717) is 11.0 Å². The Balaban J connectivity index is 2.14. The molecule has 116 valence electrons. The van der Waals surface area contributed by atoms with Crippen molar-refractivity contribution in [3.63, 3.8) is 0 Å². The molecule has 0 radical (unpaired) electrons. The lowest BCUT2D eigenvalue weighted by Crippen LogP contribution is -2.41. The van der Waals surface area contributed by atoms with Crippen LogP contribution in [0, 0.1) is 5.82 Å². The number of rotatable bonds is 4. The van der Waals surface area contributed by atoms with Gasteiger partial charge in [0.2, 0.25) is 0 Å². The average molecular weight is 294 g/mol. The van der Waals surface area contributed by atoms with E-state index in [0.717, 1.165) is 0 Å². The summed E-state index contributed by atoms with van der Waals surface area (Å²) < 4.78 is 31.4. The average Bonchev–Trinajstić information content (AvgIpc) is 2.56. The molecule has 21 heavy (non-hydrogen) atoms. The summed E-state index contributed by atoms with van der Waals surface area (Å²) in [5.74, 6) is -0.289. The van der Waals surface area contributed by atoms with Crippen LogP contribution in [0.4, 0.5) is 4.39 Å². The third kappa shape index (κ3) is 3.47. The van der Waals surface area contributed by atoms with Crippen LogP contribution in [-0.4, -0.2) is 24.4 Å². The number of ether oxygens (including phenoxy) is 1. The van der Waals surface area contributed by atoms with Crippen molar-refractivity contribution in [1.82, 2.24) is 0 Å². The molecule has 0 aromatic heterocycles. The summed E-state index contributed by atoms with van der Waals surface area (Å²) in [7, 11) is -0.537. The molecule has 1 aromatic carbocycles. The van der Waals surface area contributed by atoms with Crippen LogP contribution < -0.4 is 5.46 Å². The third-order valence-corrected chi connectivity index (χ3v) is 4.17. The van der Waals surface area contributed by atoms with Crippen LogP contribution in [0.3, 0.4) is 0 Å². The van der Waals surface area contributed by atoms with Gasteiger partial charge in [0.25, 0.3) is 0 Å². The van der Waals surface area contributed by atoms with Gasteiger partial charge in [0.05, 0.1) is 23.9 Å². The third-order valence-electron chi connectivity index (χ3n) is 4.17. The standard InChI is InChI=1S/C16H24BFO3/c1-11(2)19-10-12-7-8-13(9-14(12)18)17-20-15(3,4)16(5,6)21-17/h7-9,11H,10H2,1-6H3. The van der Waals surface area contributed by atoms with Crippen molar-refractivity contribution >= 4 is 12.6 Å². The predicted octanol–water partition coefficient (Wildman–Crippen LogP) is 3.05. The fourth-order valence-corrected chi connectivity index (χ4v) is 2.06. The summed E-state index contributed by atoms with van der Waals surface area (Å²) in [6.07, 6.45) is 0.0761. The lowest BCUT2D eigenvalue weighted by Gasteiger charge is -2.32. The molecule has 3 nitrogen and oxygen atoms in total. The van der Waals surface area contributed by atoms with Gasteiger partial charge in [0.1, 0.15) is 5.82 Å². The minimum atomic E-state index is -0.537. The lowest BCUT2D eigenvalue weighted by atomic mass is 9.79. The highest BCUT2D eigenvalue weighted by molar-refractivity contribution is 6.62. The fraction of sp³-hybridized carbons (Fsp3) is 0.625. The summed E-state index contributed by atoms with van der Waals surface area (Å²) in [6.45, 7) is 12.0. The van der Waals surface area contributed by atoms with Crippen molar-refractivity contribution in [2.24, 2.45) is 0 Å². The molecule has 0 spiro atoms. The van der Waals surface area contributed by atoms with E-state index in [-0.39, 0.29) is 18.5 Å². The lowest BCUT2D eigenvalue weighted by molar-refractivity contribution is 0.00578. The number of benzene rings is 1. The van der Waals surface area contributed by atoms with Gasteiger partial charge in [-0.3, -0.25) is 0 Å². The Bertz CT molecular complexity index is 498. The van der Waals surface area contributed by atoms with E-state index in [9.17, 15) is 4.39 Å². The van der Waals surface area contributed by atoms with E-state index >= 15 is 0 Å². The second kappa shape index (κ2) is 5.71. The smallest absolute Gasteiger partial charge is 0.399 e. The molecule has 1 aliphatic heterocycles. The first kappa shape index (κ1) is 16.5. The SMILES string of the molecule is CC(C)OCc1ccc(B2OC(C)(C)C(C)(C)O2)cc1F. The van der Waals surface area contributed by atoms with E-state index in [4.69, 9.17) is 14.0 Å². The molecule has 0 atom stereocenters. The van der Waals surface area contributed by atoms with Crippen molar-refractivity contribution in [2.45, 2.75) is 65.5 Å². The number of hydrogen-bond acceptors (Lipinski definition) is 3. The largest absolute Gasteiger partial charge is 0.494 e. The molecule has 1 aliphatic rings. The maximum absolute atomic E-state index is 14.1. The molecule has 0 unspecified atom stereocenters. The predicted molar refractivity (Wildman–Crippen MR) is 82.0 cm³/mol. The first-order valence-corrected chi connectivity index (χ1v) is 7.38. The Hall–Kier alpha value is -0.905. The molecule has 1 saturated heterocycles. The quantitative estimate of drug-likeness (QED) is 0.799. The molecule has 0 saturated carbocycles. The highest BCUT2D eigenvalue weighted by Gasteiger charge is 2.51. The summed E-state index contributed by atoms with van der Waals surface area (Å²) in [6, 6.07) is 5.05. The topological polar surface area (TPSA) is 27.7 Å². The van der Waals surface area contributed by atoms with E-state index in [1.807, 2.05) is 47.6 Å². The minimum Gasteiger partial charge on any atom is -0.399 e. The Morgan fingerprint density at radius 2 is 1.71 bits per heavy atom. The van der Waals surface area contributed by atoms with Gasteiger partial charge in [-0.05, 0) is 53.1 Å². The molecule has 5 heteroatoms. The molecule has 1 fully saturated rings. The monoisotopic (exact) mass is 294 g/mol. The van der Waals surface area contributed by atoms with Gasteiger partial charge in [0.15, 0.2) is 0 Å². The molecule has 2 rings (SSSR count). The highest BCUT2D eigenvalue weighted by Crippen LogP contribution is 2.36. The first-order chi connectivity index (χ1) is 9.62. The van der Waals surface area contributed by atoms with Crippen LogP contribution in [0.2, 0.25) is 0 Å². The summed E-state index contributed by atoms with van der Waals surface area (Å²) in [5, 5.41) is 0. The first-order valence-electron chi connectivity index (χ1n) is 7.38. The van der Waals surface area contributed by atoms with Crippen LogP contribution >= 0.6 is 0 Å². The van der Waals surface area contributed by atoms with E-state index < -0.39 is 18.3 Å². The van der Waals surface area contributed by atoms with Gasteiger partial charge >= 0.3 is 7.12 Å². The zero-order valence-corrected chi connectivity index (χ0v) is 13.7. The summed E-state index contributed by atoms with van der Waals surface area (Å²) >= 11 is 0. The van der Waals surface area contributed by atoms with Gasteiger partial charge < -0.3 is 14.0 Å². The molecular weight excluding hydrogens is 270 g/mol. The maximum Gasteiger partial charge on any atom is 0.494 e. The molecular formula is C16H24BFO3. The van der Waals surface area contributed by atoms with Crippen LogP contribution in [0.5, 0.6) is 0 Å². The van der Waals surface area contributed by atoms with Crippen molar-refractivity contribution in [3.8, 4) is 0 Å². The Labute approximate surface area is 126 Å². The highest BCUT2D eigenvalue weighted by atomic mass is 19.1. The van der Waals surface area contributed by atoms with Gasteiger partial charge in [-0.25, -0.2) is 4.39 Å². The maximum atomic E-state index is 14.1. The Morgan fingerprint density at radius 1 is 1.14 bits per heavy atom. The van der Waals surface area contributed by atoms with Crippen LogP contribution in [-0.2, 0) is 20.7 Å². The fourth-order valence-electron chi connectivity index (χ4n) is 2.06. The van der Waals surface area contributed by atoms with Crippen molar-refractivity contribution in [2.75, 3.05) is 0 Å². The van der Waals surface area contributed by atoms with Crippen molar-refractivity contribution < 1.29 is 18.4 Å². The molecule has 0 N–H and O–H groups in total. The van der Waals surface area contributed by atoms with Crippen molar-refractivity contribution in [1.29, 1.82) is 0 Å². The molecule has 0 amide bonds. The zero-order valence-electron chi connectivity index (χ0n) is 13.7. The molecule has 1 heterocycles. The van der Waals surface area contributed by atoms with E-state index in [2.05, 4.69) is 0 Å². The van der Waals surface area contributed by atoms with E-state index in [1.54, 1.807) is 6.07 Å². The van der Waals surface area contributed by atoms with Crippen LogP contribution in [0.25, 0.3) is 0 Å². The minimum absolute atomic E-state index is 0.0761. The Morgan fingerprint density at radius 3 is 2.19 bits per heavy atom. The van der Waals surface area contributed by atoms with Crippen LogP contribution in [0.15, 0.2) is 18.2 Å². The second-order valence-electron chi connectivity index (χ2n) is 6.80.